The van der Waals surface area contributed by atoms with E-state index in [2.05, 4.69) is 18.3 Å². The molecular weight excluding hydrogens is 226 g/mol. The van der Waals surface area contributed by atoms with E-state index < -0.39 is 0 Å². The molecule has 2 aromatic rings. The van der Waals surface area contributed by atoms with Crippen molar-refractivity contribution in [3.05, 3.63) is 42.4 Å². The predicted molar refractivity (Wildman–Crippen MR) is 72.7 cm³/mol. The summed E-state index contributed by atoms with van der Waals surface area (Å²) in [6, 6.07) is 10.0. The van der Waals surface area contributed by atoms with Crippen LogP contribution in [0.15, 0.2) is 41.0 Å². The van der Waals surface area contributed by atoms with Crippen LogP contribution in [0.25, 0.3) is 11.1 Å². The van der Waals surface area contributed by atoms with Crippen LogP contribution >= 0.6 is 0 Å². The molecule has 3 heteroatoms. The topological polar surface area (TPSA) is 34.4 Å². The zero-order valence-electron chi connectivity index (χ0n) is 10.9. The summed E-state index contributed by atoms with van der Waals surface area (Å²) in [5.41, 5.74) is 2.24. The van der Waals surface area contributed by atoms with Gasteiger partial charge in [-0.2, -0.15) is 0 Å². The molecule has 0 saturated carbocycles. The van der Waals surface area contributed by atoms with Crippen molar-refractivity contribution in [1.29, 1.82) is 0 Å². The monoisotopic (exact) mass is 245 g/mol. The molecule has 0 aliphatic heterocycles. The van der Waals surface area contributed by atoms with Crippen LogP contribution in [0.3, 0.4) is 0 Å². The molecule has 96 valence electrons. The number of methoxy groups -OCH3 is 1. The van der Waals surface area contributed by atoms with Crippen LogP contribution in [0.1, 0.15) is 19.1 Å². The largest absolute Gasteiger partial charge is 0.497 e. The van der Waals surface area contributed by atoms with E-state index >= 15 is 0 Å². The lowest BCUT2D eigenvalue weighted by Gasteiger charge is -2.06. The summed E-state index contributed by atoms with van der Waals surface area (Å²) in [7, 11) is 1.68. The Kier molecular flexibility index (Phi) is 4.42. The fourth-order valence-corrected chi connectivity index (χ4v) is 1.90. The SMILES string of the molecule is CCCNCc1occc1-c1cccc(OC)c1. The number of rotatable bonds is 6. The summed E-state index contributed by atoms with van der Waals surface area (Å²) < 4.78 is 10.8. The first-order chi connectivity index (χ1) is 8.85. The van der Waals surface area contributed by atoms with Crippen molar-refractivity contribution in [1.82, 2.24) is 5.32 Å². The van der Waals surface area contributed by atoms with Gasteiger partial charge in [0.25, 0.3) is 0 Å². The molecule has 0 unspecified atom stereocenters. The molecule has 2 rings (SSSR count). The minimum Gasteiger partial charge on any atom is -0.497 e. The summed E-state index contributed by atoms with van der Waals surface area (Å²) in [5.74, 6) is 1.83. The number of furan rings is 1. The highest BCUT2D eigenvalue weighted by Gasteiger charge is 2.08. The van der Waals surface area contributed by atoms with Gasteiger partial charge in [0, 0.05) is 5.56 Å². The van der Waals surface area contributed by atoms with Crippen molar-refractivity contribution in [3.63, 3.8) is 0 Å². The lowest BCUT2D eigenvalue weighted by molar-refractivity contribution is 0.415. The lowest BCUT2D eigenvalue weighted by atomic mass is 10.1. The summed E-state index contributed by atoms with van der Waals surface area (Å²) in [6.45, 7) is 3.91. The first kappa shape index (κ1) is 12.7. The third-order valence-corrected chi connectivity index (χ3v) is 2.84. The number of benzene rings is 1. The van der Waals surface area contributed by atoms with Gasteiger partial charge in [0.15, 0.2) is 0 Å². The van der Waals surface area contributed by atoms with E-state index in [9.17, 15) is 0 Å². The van der Waals surface area contributed by atoms with Crippen molar-refractivity contribution < 1.29 is 9.15 Å². The molecule has 0 radical (unpaired) electrons. The van der Waals surface area contributed by atoms with E-state index in [-0.39, 0.29) is 0 Å². The summed E-state index contributed by atoms with van der Waals surface area (Å²) in [4.78, 5) is 0. The first-order valence-corrected chi connectivity index (χ1v) is 6.26. The minimum atomic E-state index is 0.757. The highest BCUT2D eigenvalue weighted by molar-refractivity contribution is 5.66. The molecule has 18 heavy (non-hydrogen) atoms. The van der Waals surface area contributed by atoms with Gasteiger partial charge in [-0.05, 0) is 36.7 Å². The summed E-state index contributed by atoms with van der Waals surface area (Å²) in [5, 5.41) is 3.35. The van der Waals surface area contributed by atoms with Crippen molar-refractivity contribution >= 4 is 0 Å². The Morgan fingerprint density at radius 3 is 2.94 bits per heavy atom. The van der Waals surface area contributed by atoms with Gasteiger partial charge in [0.2, 0.25) is 0 Å². The third kappa shape index (κ3) is 2.93. The van der Waals surface area contributed by atoms with Crippen LogP contribution in [-0.2, 0) is 6.54 Å². The molecule has 0 amide bonds. The lowest BCUT2D eigenvalue weighted by Crippen LogP contribution is -2.13. The molecular formula is C15H19NO2. The number of hydrogen-bond acceptors (Lipinski definition) is 3. The Morgan fingerprint density at radius 1 is 1.28 bits per heavy atom. The van der Waals surface area contributed by atoms with E-state index in [1.807, 2.05) is 24.3 Å². The average molecular weight is 245 g/mol. The van der Waals surface area contributed by atoms with Gasteiger partial charge in [-0.1, -0.05) is 19.1 Å². The Bertz CT molecular complexity index is 491. The van der Waals surface area contributed by atoms with E-state index in [0.717, 1.165) is 42.1 Å². The summed E-state index contributed by atoms with van der Waals surface area (Å²) in [6.07, 6.45) is 2.85. The van der Waals surface area contributed by atoms with Gasteiger partial charge in [-0.15, -0.1) is 0 Å². The van der Waals surface area contributed by atoms with Gasteiger partial charge < -0.3 is 14.5 Å². The van der Waals surface area contributed by atoms with Gasteiger partial charge in [0.05, 0.1) is 19.9 Å². The van der Waals surface area contributed by atoms with E-state index in [1.165, 1.54) is 0 Å². The molecule has 1 aromatic heterocycles. The van der Waals surface area contributed by atoms with Crippen molar-refractivity contribution in [2.24, 2.45) is 0 Å². The molecule has 0 atom stereocenters. The van der Waals surface area contributed by atoms with Gasteiger partial charge >= 0.3 is 0 Å². The van der Waals surface area contributed by atoms with E-state index in [1.54, 1.807) is 13.4 Å². The summed E-state index contributed by atoms with van der Waals surface area (Å²) >= 11 is 0. The Labute approximate surface area is 108 Å². The molecule has 0 aliphatic rings. The maximum atomic E-state index is 5.54. The molecule has 1 heterocycles. The molecule has 1 aromatic carbocycles. The number of hydrogen-bond donors (Lipinski definition) is 1. The number of ether oxygens (including phenoxy) is 1. The van der Waals surface area contributed by atoms with Gasteiger partial charge in [0.1, 0.15) is 11.5 Å². The zero-order chi connectivity index (χ0) is 12.8. The molecule has 0 aliphatic carbocycles. The standard InChI is InChI=1S/C15H19NO2/c1-3-8-16-11-15-14(7-9-18-15)12-5-4-6-13(10-12)17-2/h4-7,9-10,16H,3,8,11H2,1-2H3. The van der Waals surface area contributed by atoms with Crippen LogP contribution in [0, 0.1) is 0 Å². The molecule has 0 fully saturated rings. The third-order valence-electron chi connectivity index (χ3n) is 2.84. The highest BCUT2D eigenvalue weighted by atomic mass is 16.5. The predicted octanol–water partition coefficient (Wildman–Crippen LogP) is 3.45. The van der Waals surface area contributed by atoms with E-state index in [0.29, 0.717) is 0 Å². The van der Waals surface area contributed by atoms with E-state index in [4.69, 9.17) is 9.15 Å². The Hall–Kier alpha value is -1.74. The highest BCUT2D eigenvalue weighted by Crippen LogP contribution is 2.27. The fourth-order valence-electron chi connectivity index (χ4n) is 1.90. The smallest absolute Gasteiger partial charge is 0.125 e. The molecule has 1 N–H and O–H groups in total. The second-order valence-electron chi connectivity index (χ2n) is 4.17. The van der Waals surface area contributed by atoms with Crippen LogP contribution in [0.5, 0.6) is 5.75 Å². The van der Waals surface area contributed by atoms with Crippen LogP contribution in [0.4, 0.5) is 0 Å². The van der Waals surface area contributed by atoms with Gasteiger partial charge in [-0.25, -0.2) is 0 Å². The zero-order valence-corrected chi connectivity index (χ0v) is 10.9. The molecule has 0 spiro atoms. The van der Waals surface area contributed by atoms with Crippen molar-refractivity contribution in [2.75, 3.05) is 13.7 Å². The maximum Gasteiger partial charge on any atom is 0.125 e. The maximum absolute atomic E-state index is 5.54. The second-order valence-corrected chi connectivity index (χ2v) is 4.17. The Balaban J connectivity index is 2.19. The molecule has 0 saturated heterocycles. The molecule has 3 nitrogen and oxygen atoms in total. The quantitative estimate of drug-likeness (QED) is 0.791. The first-order valence-electron chi connectivity index (χ1n) is 6.26. The van der Waals surface area contributed by atoms with Gasteiger partial charge in [-0.3, -0.25) is 0 Å². The van der Waals surface area contributed by atoms with Crippen molar-refractivity contribution in [2.45, 2.75) is 19.9 Å². The fraction of sp³-hybridized carbons (Fsp3) is 0.333. The Morgan fingerprint density at radius 2 is 2.17 bits per heavy atom. The molecule has 0 bridgehead atoms. The average Bonchev–Trinajstić information content (AvgIpc) is 2.87. The minimum absolute atomic E-state index is 0.757. The second kappa shape index (κ2) is 6.26. The van der Waals surface area contributed by atoms with Crippen LogP contribution < -0.4 is 10.1 Å². The van der Waals surface area contributed by atoms with Crippen LogP contribution in [0.2, 0.25) is 0 Å². The normalized spacial score (nSPS) is 10.6. The van der Waals surface area contributed by atoms with Crippen LogP contribution in [-0.4, -0.2) is 13.7 Å². The van der Waals surface area contributed by atoms with Crippen molar-refractivity contribution in [3.8, 4) is 16.9 Å². The number of nitrogens with one attached hydrogen (secondary N) is 1.